The molecule has 0 saturated heterocycles. The van der Waals surface area contributed by atoms with E-state index in [0.29, 0.717) is 5.75 Å². The Bertz CT molecular complexity index is 529. The molecular weight excluding hydrogens is 258 g/mol. The van der Waals surface area contributed by atoms with Crippen LogP contribution >= 0.6 is 0 Å². The van der Waals surface area contributed by atoms with Gasteiger partial charge < -0.3 is 10.4 Å². The first kappa shape index (κ1) is 13.6. The number of fused-ring (bicyclic) bond motifs is 5. The number of nitrogens with one attached hydrogen (secondary N) is 1. The van der Waals surface area contributed by atoms with Gasteiger partial charge in [-0.2, -0.15) is 0 Å². The molecule has 5 atom stereocenters. The third-order valence-corrected chi connectivity index (χ3v) is 6.55. The number of rotatable bonds is 3. The fourth-order valence-electron chi connectivity index (χ4n) is 5.70. The molecule has 0 heterocycles. The summed E-state index contributed by atoms with van der Waals surface area (Å²) >= 11 is 0. The molecule has 2 nitrogen and oxygen atoms in total. The van der Waals surface area contributed by atoms with Crippen molar-refractivity contribution in [3.8, 4) is 5.75 Å². The van der Waals surface area contributed by atoms with Gasteiger partial charge in [0.05, 0.1) is 0 Å². The molecule has 0 aliphatic heterocycles. The highest BCUT2D eigenvalue weighted by Crippen LogP contribution is 2.58. The molecule has 0 spiro atoms. The van der Waals surface area contributed by atoms with Gasteiger partial charge in [-0.15, -0.1) is 0 Å². The zero-order valence-electron chi connectivity index (χ0n) is 13.2. The molecule has 114 valence electrons. The van der Waals surface area contributed by atoms with Crippen molar-refractivity contribution in [3.63, 3.8) is 0 Å². The molecule has 0 radical (unpaired) electrons. The lowest BCUT2D eigenvalue weighted by molar-refractivity contribution is 0.208. The van der Waals surface area contributed by atoms with Crippen molar-refractivity contribution in [1.29, 1.82) is 0 Å². The minimum atomic E-state index is 0.451. The molecule has 1 aromatic rings. The lowest BCUT2D eigenvalue weighted by Crippen LogP contribution is -2.38. The van der Waals surface area contributed by atoms with Gasteiger partial charge in [0, 0.05) is 12.6 Å². The predicted octanol–water partition coefficient (Wildman–Crippen LogP) is 3.92. The van der Waals surface area contributed by atoms with E-state index in [2.05, 4.69) is 17.4 Å². The van der Waals surface area contributed by atoms with Crippen LogP contribution in [-0.4, -0.2) is 11.1 Å². The van der Waals surface area contributed by atoms with Crippen molar-refractivity contribution in [2.75, 3.05) is 0 Å². The van der Waals surface area contributed by atoms with Gasteiger partial charge in [0.25, 0.3) is 0 Å². The van der Waals surface area contributed by atoms with Crippen LogP contribution in [0.25, 0.3) is 0 Å². The summed E-state index contributed by atoms with van der Waals surface area (Å²) < 4.78 is 0. The van der Waals surface area contributed by atoms with E-state index in [9.17, 15) is 5.11 Å². The average molecular weight is 285 g/mol. The predicted molar refractivity (Wildman–Crippen MR) is 85.3 cm³/mol. The number of hydrogen-bond donors (Lipinski definition) is 2. The zero-order valence-corrected chi connectivity index (χ0v) is 13.2. The maximum absolute atomic E-state index is 9.88. The third-order valence-electron chi connectivity index (χ3n) is 6.55. The summed E-state index contributed by atoms with van der Waals surface area (Å²) in [6.45, 7) is 4.94. The smallest absolute Gasteiger partial charge is 0.121 e. The van der Waals surface area contributed by atoms with Crippen LogP contribution in [-0.2, 0) is 6.54 Å². The van der Waals surface area contributed by atoms with E-state index in [0.717, 1.165) is 47.4 Å². The molecule has 2 bridgehead atoms. The van der Waals surface area contributed by atoms with Gasteiger partial charge in [-0.25, -0.2) is 0 Å². The Hall–Kier alpha value is -1.02. The minimum absolute atomic E-state index is 0.451. The maximum atomic E-state index is 9.88. The summed E-state index contributed by atoms with van der Waals surface area (Å²) in [4.78, 5) is 0. The highest BCUT2D eigenvalue weighted by Gasteiger charge is 2.53. The van der Waals surface area contributed by atoms with Crippen molar-refractivity contribution in [3.05, 3.63) is 28.8 Å². The fourth-order valence-corrected chi connectivity index (χ4v) is 5.70. The van der Waals surface area contributed by atoms with Crippen molar-refractivity contribution in [2.45, 2.75) is 58.5 Å². The molecule has 2 N–H and O–H groups in total. The van der Waals surface area contributed by atoms with Crippen LogP contribution in [0.5, 0.6) is 5.75 Å². The molecule has 4 rings (SSSR count). The van der Waals surface area contributed by atoms with E-state index in [-0.39, 0.29) is 0 Å². The number of benzene rings is 1. The number of hydrogen-bond acceptors (Lipinski definition) is 2. The van der Waals surface area contributed by atoms with Crippen LogP contribution in [0.15, 0.2) is 12.1 Å². The van der Waals surface area contributed by atoms with Crippen LogP contribution < -0.4 is 5.32 Å². The standard InChI is InChI=1S/C19H27NO/c1-11-6-13(7-12(2)19(11)21)10-20-18-9-14-8-17(18)16-5-3-4-15(14)16/h6-7,14-18,20-21H,3-5,8-10H2,1-2H3. The lowest BCUT2D eigenvalue weighted by atomic mass is 9.79. The Morgan fingerprint density at radius 3 is 2.52 bits per heavy atom. The monoisotopic (exact) mass is 285 g/mol. The van der Waals surface area contributed by atoms with Crippen molar-refractivity contribution >= 4 is 0 Å². The van der Waals surface area contributed by atoms with Gasteiger partial charge in [0.2, 0.25) is 0 Å². The Kier molecular flexibility index (Phi) is 3.25. The summed E-state index contributed by atoms with van der Waals surface area (Å²) in [5, 5.41) is 13.7. The van der Waals surface area contributed by atoms with E-state index in [1.165, 1.54) is 37.7 Å². The third kappa shape index (κ3) is 2.19. The SMILES string of the molecule is Cc1cc(CNC2CC3CC2C2CCCC32)cc(C)c1O. The summed E-state index contributed by atoms with van der Waals surface area (Å²) in [7, 11) is 0. The van der Waals surface area contributed by atoms with E-state index in [1.54, 1.807) is 0 Å². The largest absolute Gasteiger partial charge is 0.507 e. The average Bonchev–Trinajstić information content (AvgIpc) is 3.13. The molecule has 3 aliphatic rings. The van der Waals surface area contributed by atoms with Gasteiger partial charge >= 0.3 is 0 Å². The first-order chi connectivity index (χ1) is 10.1. The molecule has 3 fully saturated rings. The normalized spacial score (nSPS) is 37.1. The summed E-state index contributed by atoms with van der Waals surface area (Å²) in [5.41, 5.74) is 3.31. The minimum Gasteiger partial charge on any atom is -0.507 e. The van der Waals surface area contributed by atoms with Gasteiger partial charge in [0.1, 0.15) is 5.75 Å². The molecular formula is C19H27NO. The maximum Gasteiger partial charge on any atom is 0.121 e. The molecule has 5 unspecified atom stereocenters. The molecule has 21 heavy (non-hydrogen) atoms. The highest BCUT2D eigenvalue weighted by molar-refractivity contribution is 5.42. The van der Waals surface area contributed by atoms with Gasteiger partial charge in [0.15, 0.2) is 0 Å². The molecule has 1 aromatic carbocycles. The van der Waals surface area contributed by atoms with Crippen LogP contribution in [0.3, 0.4) is 0 Å². The fraction of sp³-hybridized carbons (Fsp3) is 0.684. The highest BCUT2D eigenvalue weighted by atomic mass is 16.3. The molecule has 2 heteroatoms. The Morgan fingerprint density at radius 2 is 1.76 bits per heavy atom. The van der Waals surface area contributed by atoms with Crippen LogP contribution in [0.4, 0.5) is 0 Å². The zero-order chi connectivity index (χ0) is 14.6. The summed E-state index contributed by atoms with van der Waals surface area (Å²) in [5.74, 6) is 4.52. The summed E-state index contributed by atoms with van der Waals surface area (Å²) in [6, 6.07) is 4.99. The van der Waals surface area contributed by atoms with Gasteiger partial charge in [-0.05, 0) is 79.9 Å². The molecule has 3 aliphatic carbocycles. The van der Waals surface area contributed by atoms with Gasteiger partial charge in [-0.1, -0.05) is 18.6 Å². The van der Waals surface area contributed by atoms with Crippen molar-refractivity contribution in [1.82, 2.24) is 5.32 Å². The van der Waals surface area contributed by atoms with Crippen LogP contribution in [0, 0.1) is 37.5 Å². The van der Waals surface area contributed by atoms with Crippen molar-refractivity contribution < 1.29 is 5.11 Å². The molecule has 0 amide bonds. The van der Waals surface area contributed by atoms with Crippen LogP contribution in [0.1, 0.15) is 48.8 Å². The Morgan fingerprint density at radius 1 is 1.05 bits per heavy atom. The second kappa shape index (κ2) is 5.01. The van der Waals surface area contributed by atoms with E-state index in [4.69, 9.17) is 0 Å². The van der Waals surface area contributed by atoms with Crippen molar-refractivity contribution in [2.24, 2.45) is 23.7 Å². The number of aromatic hydroxyl groups is 1. The van der Waals surface area contributed by atoms with E-state index < -0.39 is 0 Å². The lowest BCUT2D eigenvalue weighted by Gasteiger charge is -2.32. The second-order valence-electron chi connectivity index (χ2n) is 7.72. The van der Waals surface area contributed by atoms with E-state index in [1.807, 2.05) is 13.8 Å². The number of phenols is 1. The second-order valence-corrected chi connectivity index (χ2v) is 7.72. The number of phenolic OH excluding ortho intramolecular Hbond substituents is 1. The molecule has 3 saturated carbocycles. The first-order valence-electron chi connectivity index (χ1n) is 8.66. The number of aryl methyl sites for hydroxylation is 2. The Balaban J connectivity index is 1.42. The first-order valence-corrected chi connectivity index (χ1v) is 8.66. The van der Waals surface area contributed by atoms with E-state index >= 15 is 0 Å². The molecule has 0 aromatic heterocycles. The summed E-state index contributed by atoms with van der Waals surface area (Å²) in [6.07, 6.45) is 7.37. The van der Waals surface area contributed by atoms with Crippen LogP contribution in [0.2, 0.25) is 0 Å². The topological polar surface area (TPSA) is 32.3 Å². The quantitative estimate of drug-likeness (QED) is 0.882. The Labute approximate surface area is 128 Å². The van der Waals surface area contributed by atoms with Gasteiger partial charge in [-0.3, -0.25) is 0 Å².